The van der Waals surface area contributed by atoms with Gasteiger partial charge >= 0.3 is 6.18 Å². The monoisotopic (exact) mass is 412 g/mol. The average molecular weight is 412 g/mol. The fourth-order valence-electron chi connectivity index (χ4n) is 2.65. The van der Waals surface area contributed by atoms with Gasteiger partial charge in [-0.15, -0.1) is 0 Å². The van der Waals surface area contributed by atoms with Gasteiger partial charge in [0, 0.05) is 11.8 Å². The number of alkyl halides is 3. The fraction of sp³-hybridized carbons (Fsp3) is 0.211. The lowest BCUT2D eigenvalue weighted by molar-refractivity contribution is -0.141. The van der Waals surface area contributed by atoms with E-state index in [4.69, 9.17) is 0 Å². The molecule has 0 saturated carbocycles. The van der Waals surface area contributed by atoms with Crippen molar-refractivity contribution < 1.29 is 26.0 Å². The average Bonchev–Trinajstić information content (AvgIpc) is 3.06. The first-order valence-electron chi connectivity index (χ1n) is 8.23. The number of hydrogen-bond acceptors (Lipinski definition) is 3. The lowest BCUT2D eigenvalue weighted by Gasteiger charge is -2.08. The van der Waals surface area contributed by atoms with Crippen molar-refractivity contribution in [2.45, 2.75) is 12.6 Å². The van der Waals surface area contributed by atoms with Crippen LogP contribution >= 0.6 is 0 Å². The van der Waals surface area contributed by atoms with Crippen LogP contribution < -0.4 is 0 Å². The van der Waals surface area contributed by atoms with Crippen LogP contribution in [0.5, 0.6) is 0 Å². The maximum Gasteiger partial charge on any atom is 0.435 e. The Balaban J connectivity index is 2.00. The Bertz CT molecular complexity index is 1070. The molecule has 0 N–H and O–H groups in total. The summed E-state index contributed by atoms with van der Waals surface area (Å²) in [5, 5.41) is 3.64. The van der Waals surface area contributed by atoms with Crippen LogP contribution in [0.4, 0.5) is 17.6 Å². The standard InChI is InChI=1S/C19H16F4N2O2S/c1-28(26,27)11-10-13-2-4-14(5-3-13)17-12-18(19(21,22)23)24-25(17)16-8-6-15(20)7-9-16/h2-9,12H,10-11H2,1H3. The molecule has 0 aliphatic heterocycles. The minimum absolute atomic E-state index is 0.0158. The minimum Gasteiger partial charge on any atom is -0.233 e. The van der Waals surface area contributed by atoms with Crippen LogP contribution in [-0.2, 0) is 22.4 Å². The van der Waals surface area contributed by atoms with E-state index in [1.54, 1.807) is 24.3 Å². The fourth-order valence-corrected chi connectivity index (χ4v) is 3.26. The Kier molecular flexibility index (Phi) is 5.29. The quantitative estimate of drug-likeness (QED) is 0.588. The lowest BCUT2D eigenvalue weighted by Crippen LogP contribution is -2.07. The molecule has 0 saturated heterocycles. The van der Waals surface area contributed by atoms with Gasteiger partial charge in [0.05, 0.1) is 17.1 Å². The third-order valence-corrected chi connectivity index (χ3v) is 5.03. The Labute approximate surface area is 159 Å². The SMILES string of the molecule is CS(=O)(=O)CCc1ccc(-c2cc(C(F)(F)F)nn2-c2ccc(F)cc2)cc1. The largest absolute Gasteiger partial charge is 0.435 e. The van der Waals surface area contributed by atoms with Crippen molar-refractivity contribution in [3.05, 3.63) is 71.7 Å². The topological polar surface area (TPSA) is 52.0 Å². The molecule has 148 valence electrons. The maximum absolute atomic E-state index is 13.2. The first-order chi connectivity index (χ1) is 13.0. The van der Waals surface area contributed by atoms with Gasteiger partial charge in [-0.1, -0.05) is 24.3 Å². The molecule has 0 unspecified atom stereocenters. The molecule has 28 heavy (non-hydrogen) atoms. The number of benzene rings is 2. The molecule has 0 atom stereocenters. The smallest absolute Gasteiger partial charge is 0.233 e. The van der Waals surface area contributed by atoms with Crippen LogP contribution in [0.1, 0.15) is 11.3 Å². The Morgan fingerprint density at radius 1 is 1.00 bits per heavy atom. The summed E-state index contributed by atoms with van der Waals surface area (Å²) in [5.41, 5.74) is 0.628. The normalized spacial score (nSPS) is 12.3. The van der Waals surface area contributed by atoms with Gasteiger partial charge in [-0.25, -0.2) is 17.5 Å². The van der Waals surface area contributed by atoms with E-state index >= 15 is 0 Å². The number of aryl methyl sites for hydroxylation is 1. The molecule has 0 radical (unpaired) electrons. The first kappa shape index (κ1) is 20.1. The number of sulfone groups is 1. The molecule has 3 rings (SSSR count). The third-order valence-electron chi connectivity index (χ3n) is 4.08. The molecule has 0 fully saturated rings. The predicted molar refractivity (Wildman–Crippen MR) is 97.4 cm³/mol. The summed E-state index contributed by atoms with van der Waals surface area (Å²) < 4.78 is 76.3. The van der Waals surface area contributed by atoms with E-state index in [0.717, 1.165) is 34.7 Å². The third kappa shape index (κ3) is 4.78. The van der Waals surface area contributed by atoms with Gasteiger partial charge in [0.1, 0.15) is 15.7 Å². The van der Waals surface area contributed by atoms with E-state index < -0.39 is 27.5 Å². The highest BCUT2D eigenvalue weighted by molar-refractivity contribution is 7.90. The zero-order valence-electron chi connectivity index (χ0n) is 14.7. The molecule has 0 spiro atoms. The first-order valence-corrected chi connectivity index (χ1v) is 10.3. The second-order valence-electron chi connectivity index (χ2n) is 6.38. The van der Waals surface area contributed by atoms with Gasteiger partial charge in [-0.05, 0) is 42.3 Å². The number of halogens is 4. The van der Waals surface area contributed by atoms with E-state index in [9.17, 15) is 26.0 Å². The van der Waals surface area contributed by atoms with Gasteiger partial charge in [0.25, 0.3) is 0 Å². The Morgan fingerprint density at radius 2 is 1.61 bits per heavy atom. The molecule has 0 amide bonds. The van der Waals surface area contributed by atoms with E-state index in [1.165, 1.54) is 12.1 Å². The highest BCUT2D eigenvalue weighted by Gasteiger charge is 2.35. The zero-order chi connectivity index (χ0) is 20.5. The number of nitrogens with zero attached hydrogens (tertiary/aromatic N) is 2. The number of hydrogen-bond donors (Lipinski definition) is 0. The van der Waals surface area contributed by atoms with E-state index in [-0.39, 0.29) is 17.1 Å². The Morgan fingerprint density at radius 3 is 2.14 bits per heavy atom. The summed E-state index contributed by atoms with van der Waals surface area (Å²) in [6, 6.07) is 12.4. The molecule has 9 heteroatoms. The van der Waals surface area contributed by atoms with Crippen molar-refractivity contribution in [3.63, 3.8) is 0 Å². The van der Waals surface area contributed by atoms with Crippen LogP contribution in [-0.4, -0.2) is 30.2 Å². The molecule has 0 aliphatic carbocycles. The summed E-state index contributed by atoms with van der Waals surface area (Å²) in [6.07, 6.45) is -3.18. The van der Waals surface area contributed by atoms with Crippen LogP contribution in [0.2, 0.25) is 0 Å². The summed E-state index contributed by atoms with van der Waals surface area (Å²) >= 11 is 0. The maximum atomic E-state index is 13.2. The summed E-state index contributed by atoms with van der Waals surface area (Å²) in [6.45, 7) is 0. The van der Waals surface area contributed by atoms with E-state index in [1.807, 2.05) is 0 Å². The van der Waals surface area contributed by atoms with Crippen LogP contribution in [0.3, 0.4) is 0 Å². The molecule has 2 aromatic carbocycles. The minimum atomic E-state index is -4.63. The van der Waals surface area contributed by atoms with Crippen molar-refractivity contribution in [2.24, 2.45) is 0 Å². The molecular weight excluding hydrogens is 396 g/mol. The highest BCUT2D eigenvalue weighted by Crippen LogP contribution is 2.33. The van der Waals surface area contributed by atoms with Crippen molar-refractivity contribution in [1.82, 2.24) is 9.78 Å². The molecule has 1 heterocycles. The second kappa shape index (κ2) is 7.38. The molecule has 3 aromatic rings. The number of rotatable bonds is 5. The van der Waals surface area contributed by atoms with E-state index in [0.29, 0.717) is 12.0 Å². The van der Waals surface area contributed by atoms with Crippen molar-refractivity contribution in [3.8, 4) is 16.9 Å². The Hall–Kier alpha value is -2.68. The van der Waals surface area contributed by atoms with Gasteiger partial charge in [0.15, 0.2) is 5.69 Å². The van der Waals surface area contributed by atoms with Crippen LogP contribution in [0.25, 0.3) is 16.9 Å². The van der Waals surface area contributed by atoms with Gasteiger partial charge in [0.2, 0.25) is 0 Å². The zero-order valence-corrected chi connectivity index (χ0v) is 15.6. The van der Waals surface area contributed by atoms with E-state index in [2.05, 4.69) is 5.10 Å². The highest BCUT2D eigenvalue weighted by atomic mass is 32.2. The summed E-state index contributed by atoms with van der Waals surface area (Å²) in [5.74, 6) is -0.526. The number of aromatic nitrogens is 2. The summed E-state index contributed by atoms with van der Waals surface area (Å²) in [4.78, 5) is 0. The van der Waals surface area contributed by atoms with Gasteiger partial charge in [-0.2, -0.15) is 18.3 Å². The molecular formula is C19H16F4N2O2S. The molecule has 4 nitrogen and oxygen atoms in total. The molecule has 1 aromatic heterocycles. The van der Waals surface area contributed by atoms with Gasteiger partial charge < -0.3 is 0 Å². The van der Waals surface area contributed by atoms with Crippen LogP contribution in [0, 0.1) is 5.82 Å². The van der Waals surface area contributed by atoms with Crippen LogP contribution in [0.15, 0.2) is 54.6 Å². The predicted octanol–water partition coefficient (Wildman–Crippen LogP) is 4.28. The van der Waals surface area contributed by atoms with Crippen molar-refractivity contribution in [2.75, 3.05) is 12.0 Å². The summed E-state index contributed by atoms with van der Waals surface area (Å²) in [7, 11) is -3.11. The lowest BCUT2D eigenvalue weighted by atomic mass is 10.1. The van der Waals surface area contributed by atoms with Crippen molar-refractivity contribution >= 4 is 9.84 Å². The van der Waals surface area contributed by atoms with Crippen molar-refractivity contribution in [1.29, 1.82) is 0 Å². The molecule has 0 bridgehead atoms. The molecule has 0 aliphatic rings. The second-order valence-corrected chi connectivity index (χ2v) is 8.64. The van der Waals surface area contributed by atoms with Gasteiger partial charge in [-0.3, -0.25) is 0 Å².